The highest BCUT2D eigenvalue weighted by molar-refractivity contribution is 6.37. The van der Waals surface area contributed by atoms with Gasteiger partial charge in [-0.1, -0.05) is 30.1 Å². The first-order valence-corrected chi connectivity index (χ1v) is 6.84. The molecule has 0 saturated carbocycles. The van der Waals surface area contributed by atoms with Gasteiger partial charge >= 0.3 is 0 Å². The summed E-state index contributed by atoms with van der Waals surface area (Å²) in [7, 11) is 0. The number of nitrogens with two attached hydrogens (primary N) is 1. The van der Waals surface area contributed by atoms with Gasteiger partial charge in [0.25, 0.3) is 0 Å². The van der Waals surface area contributed by atoms with Gasteiger partial charge in [-0.05, 0) is 19.4 Å². The molecule has 0 bridgehead atoms. The van der Waals surface area contributed by atoms with Crippen molar-refractivity contribution in [3.8, 4) is 0 Å². The first-order valence-electron chi connectivity index (χ1n) is 6.08. The molecule has 1 aromatic heterocycles. The Morgan fingerprint density at radius 3 is 2.63 bits per heavy atom. The summed E-state index contributed by atoms with van der Waals surface area (Å²) in [6, 6.07) is 1.47. The van der Waals surface area contributed by atoms with Crippen LogP contribution in [0.15, 0.2) is 6.07 Å². The lowest BCUT2D eigenvalue weighted by Gasteiger charge is -2.16. The second-order valence-corrected chi connectivity index (χ2v) is 5.11. The lowest BCUT2D eigenvalue weighted by Crippen LogP contribution is -2.24. The van der Waals surface area contributed by atoms with E-state index in [0.717, 1.165) is 13.0 Å². The second-order valence-electron chi connectivity index (χ2n) is 4.29. The molecule has 19 heavy (non-hydrogen) atoms. The quantitative estimate of drug-likeness (QED) is 0.723. The number of nitrogens with one attached hydrogen (secondary N) is 2. The lowest BCUT2D eigenvalue weighted by atomic mass is 10.2. The number of hydrogen-bond donors (Lipinski definition) is 3. The topological polar surface area (TPSA) is 80.0 Å². The van der Waals surface area contributed by atoms with Crippen molar-refractivity contribution >= 4 is 40.7 Å². The van der Waals surface area contributed by atoms with Crippen molar-refractivity contribution in [3.05, 3.63) is 16.1 Å². The Balaban J connectivity index is 2.84. The molecule has 1 unspecified atom stereocenters. The SMILES string of the molecule is CCCNc1nc(NC(C)CC(N)=O)c(Cl)cc1Cl. The number of halogens is 2. The Kier molecular flexibility index (Phi) is 6.18. The highest BCUT2D eigenvalue weighted by Crippen LogP contribution is 2.29. The van der Waals surface area contributed by atoms with E-state index in [-0.39, 0.29) is 18.4 Å². The van der Waals surface area contributed by atoms with Crippen LogP contribution >= 0.6 is 23.2 Å². The third-order valence-electron chi connectivity index (χ3n) is 2.36. The summed E-state index contributed by atoms with van der Waals surface area (Å²) in [5.41, 5.74) is 5.14. The molecule has 0 aromatic carbocycles. The van der Waals surface area contributed by atoms with Crippen LogP contribution in [0, 0.1) is 0 Å². The fraction of sp³-hybridized carbons (Fsp3) is 0.500. The smallest absolute Gasteiger partial charge is 0.219 e. The minimum absolute atomic E-state index is 0.150. The zero-order chi connectivity index (χ0) is 14.4. The maximum atomic E-state index is 10.8. The molecule has 4 N–H and O–H groups in total. The van der Waals surface area contributed by atoms with Crippen LogP contribution in [0.1, 0.15) is 26.7 Å². The van der Waals surface area contributed by atoms with Gasteiger partial charge in [0.05, 0.1) is 10.0 Å². The average Bonchev–Trinajstić information content (AvgIpc) is 2.30. The molecular weight excluding hydrogens is 287 g/mol. The molecule has 5 nitrogen and oxygen atoms in total. The van der Waals surface area contributed by atoms with Crippen molar-refractivity contribution in [1.82, 2.24) is 4.98 Å². The van der Waals surface area contributed by atoms with Crippen LogP contribution in [0.3, 0.4) is 0 Å². The second kappa shape index (κ2) is 7.40. The van der Waals surface area contributed by atoms with Gasteiger partial charge in [0.2, 0.25) is 5.91 Å². The maximum absolute atomic E-state index is 10.8. The Morgan fingerprint density at radius 2 is 2.05 bits per heavy atom. The van der Waals surface area contributed by atoms with Crippen LogP contribution in [-0.2, 0) is 4.79 Å². The molecule has 0 saturated heterocycles. The van der Waals surface area contributed by atoms with Crippen LogP contribution < -0.4 is 16.4 Å². The van der Waals surface area contributed by atoms with Gasteiger partial charge in [0.1, 0.15) is 11.6 Å². The van der Waals surface area contributed by atoms with E-state index >= 15 is 0 Å². The summed E-state index contributed by atoms with van der Waals surface area (Å²) in [4.78, 5) is 15.2. The van der Waals surface area contributed by atoms with Gasteiger partial charge in [-0.3, -0.25) is 4.79 Å². The summed E-state index contributed by atoms with van der Waals surface area (Å²) in [5, 5.41) is 7.02. The molecule has 1 atom stereocenters. The number of aromatic nitrogens is 1. The third-order valence-corrected chi connectivity index (χ3v) is 2.94. The van der Waals surface area contributed by atoms with E-state index in [2.05, 4.69) is 15.6 Å². The van der Waals surface area contributed by atoms with Crippen LogP contribution in [-0.4, -0.2) is 23.5 Å². The predicted octanol–water partition coefficient (Wildman–Crippen LogP) is 2.89. The van der Waals surface area contributed by atoms with Crippen LogP contribution in [0.25, 0.3) is 0 Å². The maximum Gasteiger partial charge on any atom is 0.219 e. The largest absolute Gasteiger partial charge is 0.370 e. The van der Waals surface area contributed by atoms with Crippen molar-refractivity contribution in [1.29, 1.82) is 0 Å². The summed E-state index contributed by atoms with van der Waals surface area (Å²) >= 11 is 12.1. The molecule has 1 rings (SSSR count). The number of carbonyl (C=O) groups is 1. The predicted molar refractivity (Wildman–Crippen MR) is 79.9 cm³/mol. The summed E-state index contributed by atoms with van der Waals surface area (Å²) in [5.74, 6) is 0.675. The first kappa shape index (κ1) is 15.9. The zero-order valence-corrected chi connectivity index (χ0v) is 12.5. The monoisotopic (exact) mass is 304 g/mol. The number of carbonyl (C=O) groups excluding carboxylic acids is 1. The summed E-state index contributed by atoms with van der Waals surface area (Å²) in [6.07, 6.45) is 1.17. The van der Waals surface area contributed by atoms with Crippen molar-refractivity contribution in [2.24, 2.45) is 5.73 Å². The van der Waals surface area contributed by atoms with Crippen LogP contribution in [0.5, 0.6) is 0 Å². The standard InChI is InChI=1S/C12H18Cl2N4O/c1-3-4-16-11-8(13)6-9(14)12(18-11)17-7(2)5-10(15)19/h6-7H,3-5H2,1-2H3,(H2,15,19)(H2,16,17,18). The number of amides is 1. The Morgan fingerprint density at radius 1 is 1.42 bits per heavy atom. The molecule has 0 spiro atoms. The molecule has 0 aliphatic carbocycles. The summed E-state index contributed by atoms with van der Waals surface area (Å²) in [6.45, 7) is 4.64. The molecule has 1 amide bonds. The van der Waals surface area contributed by atoms with Crippen molar-refractivity contribution in [2.45, 2.75) is 32.7 Å². The van der Waals surface area contributed by atoms with E-state index in [1.807, 2.05) is 13.8 Å². The zero-order valence-electron chi connectivity index (χ0n) is 11.0. The van der Waals surface area contributed by atoms with E-state index in [9.17, 15) is 4.79 Å². The number of rotatable bonds is 7. The Labute approximate surface area is 122 Å². The normalized spacial score (nSPS) is 12.0. The molecule has 0 radical (unpaired) electrons. The van der Waals surface area contributed by atoms with E-state index in [0.29, 0.717) is 21.7 Å². The number of primary amides is 1. The third kappa shape index (κ3) is 5.12. The fourth-order valence-corrected chi connectivity index (χ4v) is 2.00. The minimum Gasteiger partial charge on any atom is -0.370 e. The van der Waals surface area contributed by atoms with E-state index in [4.69, 9.17) is 28.9 Å². The molecule has 1 heterocycles. The van der Waals surface area contributed by atoms with Gasteiger partial charge in [-0.2, -0.15) is 0 Å². The highest BCUT2D eigenvalue weighted by Gasteiger charge is 2.12. The molecule has 0 fully saturated rings. The van der Waals surface area contributed by atoms with Crippen molar-refractivity contribution in [2.75, 3.05) is 17.2 Å². The number of pyridine rings is 1. The average molecular weight is 305 g/mol. The number of hydrogen-bond acceptors (Lipinski definition) is 4. The highest BCUT2D eigenvalue weighted by atomic mass is 35.5. The molecule has 0 aliphatic heterocycles. The van der Waals surface area contributed by atoms with E-state index < -0.39 is 0 Å². The van der Waals surface area contributed by atoms with E-state index in [1.54, 1.807) is 6.07 Å². The number of anilines is 2. The molecule has 1 aromatic rings. The number of nitrogens with zero attached hydrogens (tertiary/aromatic N) is 1. The molecule has 7 heteroatoms. The molecular formula is C12H18Cl2N4O. The Bertz CT molecular complexity index is 454. The Hall–Kier alpha value is -1.20. The van der Waals surface area contributed by atoms with Gasteiger partial charge in [-0.25, -0.2) is 4.98 Å². The fourth-order valence-electron chi connectivity index (χ4n) is 1.52. The van der Waals surface area contributed by atoms with Gasteiger partial charge in [0.15, 0.2) is 0 Å². The van der Waals surface area contributed by atoms with Gasteiger partial charge in [-0.15, -0.1) is 0 Å². The minimum atomic E-state index is -0.380. The first-order chi connectivity index (χ1) is 8.93. The molecule has 106 valence electrons. The van der Waals surface area contributed by atoms with Crippen LogP contribution in [0.2, 0.25) is 10.0 Å². The van der Waals surface area contributed by atoms with Crippen molar-refractivity contribution in [3.63, 3.8) is 0 Å². The lowest BCUT2D eigenvalue weighted by molar-refractivity contribution is -0.118. The van der Waals surface area contributed by atoms with Gasteiger partial charge in [0, 0.05) is 19.0 Å². The van der Waals surface area contributed by atoms with Gasteiger partial charge < -0.3 is 16.4 Å². The van der Waals surface area contributed by atoms with Crippen molar-refractivity contribution < 1.29 is 4.79 Å². The summed E-state index contributed by atoms with van der Waals surface area (Å²) < 4.78 is 0. The van der Waals surface area contributed by atoms with Crippen LogP contribution in [0.4, 0.5) is 11.6 Å². The molecule has 0 aliphatic rings. The van der Waals surface area contributed by atoms with E-state index in [1.165, 1.54) is 0 Å².